The predicted molar refractivity (Wildman–Crippen MR) is 46.4 cm³/mol. The van der Waals surface area contributed by atoms with Gasteiger partial charge in [-0.25, -0.2) is 9.97 Å². The number of aromatic nitrogens is 4. The standard InChI is InChI=1S/C7H7BN4/c1-4-10-6(8)5-3-9-12(2)7(5)11-4/h3H,1-2H3/i3D. The van der Waals surface area contributed by atoms with E-state index >= 15 is 0 Å². The summed E-state index contributed by atoms with van der Waals surface area (Å²) >= 11 is 0. The normalized spacial score (nSPS) is 12.0. The van der Waals surface area contributed by atoms with Crippen LogP contribution < -0.4 is 5.59 Å². The molecule has 0 aromatic carbocycles. The van der Waals surface area contributed by atoms with Gasteiger partial charge in [0.05, 0.1) is 7.54 Å². The molecule has 2 heterocycles. The average molecular weight is 159 g/mol. The molecule has 2 aromatic rings. The largest absolute Gasteiger partial charge is 0.250 e. The first kappa shape index (κ1) is 6.17. The Hall–Kier alpha value is -1.39. The molecule has 4 nitrogen and oxygen atoms in total. The first-order valence-corrected chi connectivity index (χ1v) is 3.53. The van der Waals surface area contributed by atoms with E-state index in [0.717, 1.165) is 0 Å². The molecule has 0 amide bonds. The van der Waals surface area contributed by atoms with Crippen LogP contribution in [0.2, 0.25) is 0 Å². The Kier molecular flexibility index (Phi) is 1.18. The maximum absolute atomic E-state index is 7.50. The van der Waals surface area contributed by atoms with E-state index < -0.39 is 0 Å². The molecule has 12 heavy (non-hydrogen) atoms. The minimum absolute atomic E-state index is 0.120. The van der Waals surface area contributed by atoms with Crippen molar-refractivity contribution in [1.29, 1.82) is 0 Å². The summed E-state index contributed by atoms with van der Waals surface area (Å²) in [7, 11) is 7.38. The lowest BCUT2D eigenvalue weighted by atomic mass is 10.0. The zero-order chi connectivity index (χ0) is 9.59. The van der Waals surface area contributed by atoms with Crippen molar-refractivity contribution in [1.82, 2.24) is 19.7 Å². The monoisotopic (exact) mass is 159 g/mol. The summed E-state index contributed by atoms with van der Waals surface area (Å²) in [5.41, 5.74) is 0.926. The van der Waals surface area contributed by atoms with Gasteiger partial charge in [-0.3, -0.25) is 4.68 Å². The van der Waals surface area contributed by atoms with E-state index in [2.05, 4.69) is 15.1 Å². The van der Waals surface area contributed by atoms with Crippen LogP contribution in [0, 0.1) is 6.92 Å². The minimum atomic E-state index is 0.120. The highest BCUT2D eigenvalue weighted by atomic mass is 15.3. The van der Waals surface area contributed by atoms with Gasteiger partial charge < -0.3 is 0 Å². The van der Waals surface area contributed by atoms with E-state index in [9.17, 15) is 0 Å². The second kappa shape index (κ2) is 2.30. The van der Waals surface area contributed by atoms with E-state index in [-0.39, 0.29) is 6.17 Å². The molecule has 0 unspecified atom stereocenters. The second-order valence-corrected chi connectivity index (χ2v) is 2.59. The van der Waals surface area contributed by atoms with Gasteiger partial charge in [-0.2, -0.15) is 5.10 Å². The maximum atomic E-state index is 7.50. The number of hydrogen-bond acceptors (Lipinski definition) is 3. The van der Waals surface area contributed by atoms with Gasteiger partial charge >= 0.3 is 0 Å². The number of aryl methyl sites for hydroxylation is 2. The fraction of sp³-hybridized carbons (Fsp3) is 0.286. The molecule has 0 bridgehead atoms. The van der Waals surface area contributed by atoms with Gasteiger partial charge in [0.15, 0.2) is 5.65 Å². The van der Waals surface area contributed by atoms with Gasteiger partial charge in [-0.05, 0) is 6.92 Å². The quantitative estimate of drug-likeness (QED) is 0.485. The zero-order valence-corrected chi connectivity index (χ0v) is 6.87. The molecule has 0 spiro atoms. The molecule has 0 N–H and O–H groups in total. The van der Waals surface area contributed by atoms with Gasteiger partial charge in [0.25, 0.3) is 0 Å². The molecule has 0 atom stereocenters. The molecule has 2 aromatic heterocycles. The van der Waals surface area contributed by atoms with Crippen molar-refractivity contribution in [2.24, 2.45) is 7.05 Å². The van der Waals surface area contributed by atoms with E-state index in [0.29, 0.717) is 22.5 Å². The summed E-state index contributed by atoms with van der Waals surface area (Å²) in [4.78, 5) is 8.12. The molecule has 0 saturated heterocycles. The van der Waals surface area contributed by atoms with Crippen molar-refractivity contribution in [2.75, 3.05) is 0 Å². The van der Waals surface area contributed by atoms with Crippen LogP contribution in [-0.4, -0.2) is 27.6 Å². The first-order valence-electron chi connectivity index (χ1n) is 4.03. The predicted octanol–water partition coefficient (Wildman–Crippen LogP) is -0.534. The minimum Gasteiger partial charge on any atom is -0.250 e. The van der Waals surface area contributed by atoms with Crippen LogP contribution in [0.25, 0.3) is 11.0 Å². The van der Waals surface area contributed by atoms with Crippen LogP contribution in [-0.2, 0) is 7.05 Å². The lowest BCUT2D eigenvalue weighted by molar-refractivity contribution is 0.783. The van der Waals surface area contributed by atoms with Crippen molar-refractivity contribution < 1.29 is 1.37 Å². The van der Waals surface area contributed by atoms with Gasteiger partial charge in [0, 0.05) is 18.0 Å². The first-order chi connectivity index (χ1) is 6.09. The Balaban J connectivity index is 2.97. The molecule has 0 aliphatic rings. The lowest BCUT2D eigenvalue weighted by Crippen LogP contribution is -2.12. The Morgan fingerprint density at radius 1 is 1.58 bits per heavy atom. The van der Waals surface area contributed by atoms with Gasteiger partial charge in [-0.15, -0.1) is 0 Å². The SMILES string of the molecule is [2H]c1nn(C)c2nc(C)nc([B])c12. The molecular weight excluding hydrogens is 151 g/mol. The third kappa shape index (κ3) is 0.896. The molecule has 2 rings (SSSR count). The fourth-order valence-corrected chi connectivity index (χ4v) is 1.09. The molecule has 5 heteroatoms. The van der Waals surface area contributed by atoms with Crippen LogP contribution in [0.3, 0.4) is 0 Å². The van der Waals surface area contributed by atoms with Crippen molar-refractivity contribution in [2.45, 2.75) is 6.92 Å². The van der Waals surface area contributed by atoms with E-state index in [1.54, 1.807) is 14.0 Å². The van der Waals surface area contributed by atoms with Crippen molar-refractivity contribution in [3.63, 3.8) is 0 Å². The van der Waals surface area contributed by atoms with Gasteiger partial charge in [0.1, 0.15) is 13.7 Å². The molecule has 58 valence electrons. The molecule has 2 radical (unpaired) electrons. The fourth-order valence-electron chi connectivity index (χ4n) is 1.09. The molecule has 0 aliphatic heterocycles. The van der Waals surface area contributed by atoms with Crippen LogP contribution in [0.4, 0.5) is 0 Å². The Bertz CT molecular complexity index is 479. The third-order valence-electron chi connectivity index (χ3n) is 1.65. The van der Waals surface area contributed by atoms with Crippen molar-refractivity contribution in [3.05, 3.63) is 12.0 Å². The van der Waals surface area contributed by atoms with E-state index in [1.807, 2.05) is 0 Å². The van der Waals surface area contributed by atoms with Crippen molar-refractivity contribution >= 4 is 24.5 Å². The van der Waals surface area contributed by atoms with E-state index in [1.165, 1.54) is 4.68 Å². The smallest absolute Gasteiger partial charge is 0.160 e. The van der Waals surface area contributed by atoms with Gasteiger partial charge in [-0.1, -0.05) is 0 Å². The van der Waals surface area contributed by atoms with Crippen LogP contribution in [0.5, 0.6) is 0 Å². The second-order valence-electron chi connectivity index (χ2n) is 2.59. The topological polar surface area (TPSA) is 43.6 Å². The summed E-state index contributed by atoms with van der Waals surface area (Å²) in [5.74, 6) is 0.591. The van der Waals surface area contributed by atoms with Crippen LogP contribution in [0.1, 0.15) is 7.20 Å². The summed E-state index contributed by atoms with van der Waals surface area (Å²) in [6, 6.07) is 0. The number of hydrogen-bond donors (Lipinski definition) is 0. The number of nitrogens with zero attached hydrogens (tertiary/aromatic N) is 4. The molecular formula is C7H7BN4. The van der Waals surface area contributed by atoms with Gasteiger partial charge in [0.2, 0.25) is 0 Å². The molecule has 0 aliphatic carbocycles. The highest BCUT2D eigenvalue weighted by Gasteiger charge is 2.04. The average Bonchev–Trinajstić information content (AvgIpc) is 2.27. The zero-order valence-electron chi connectivity index (χ0n) is 7.87. The van der Waals surface area contributed by atoms with E-state index in [4.69, 9.17) is 9.22 Å². The Morgan fingerprint density at radius 3 is 3.08 bits per heavy atom. The van der Waals surface area contributed by atoms with Crippen LogP contribution in [0.15, 0.2) is 6.17 Å². The summed E-state index contributed by atoms with van der Waals surface area (Å²) in [5, 5.41) is 4.41. The third-order valence-corrected chi connectivity index (χ3v) is 1.65. The summed E-state index contributed by atoms with van der Waals surface area (Å²) in [6.45, 7) is 1.76. The Morgan fingerprint density at radius 2 is 2.33 bits per heavy atom. The highest BCUT2D eigenvalue weighted by molar-refractivity contribution is 6.36. The molecule has 0 saturated carbocycles. The van der Waals surface area contributed by atoms with Crippen molar-refractivity contribution in [3.8, 4) is 0 Å². The number of fused-ring (bicyclic) bond motifs is 1. The maximum Gasteiger partial charge on any atom is 0.160 e. The molecule has 0 fully saturated rings. The summed E-state index contributed by atoms with van der Waals surface area (Å²) < 4.78 is 9.03. The number of rotatable bonds is 0. The highest BCUT2D eigenvalue weighted by Crippen LogP contribution is 2.04. The van der Waals surface area contributed by atoms with Crippen LogP contribution >= 0.6 is 0 Å². The Labute approximate surface area is 72.4 Å². The summed E-state index contributed by atoms with van der Waals surface area (Å²) in [6.07, 6.45) is 0.120. The lowest BCUT2D eigenvalue weighted by Gasteiger charge is -1.97.